The summed E-state index contributed by atoms with van der Waals surface area (Å²) in [6.07, 6.45) is 0.158. The number of benzene rings is 3. The molecule has 3 aromatic rings. The first-order chi connectivity index (χ1) is 16.2. The highest BCUT2D eigenvalue weighted by Crippen LogP contribution is 2.32. The lowest BCUT2D eigenvalue weighted by molar-refractivity contribution is -0.120. The second-order valence-corrected chi connectivity index (χ2v) is 8.84. The standard InChI is InChI=1S/C25H18Cl3N3O3/c1-14-2-11-19(13-20(14)27)31-24(33)22(28)23(25(31)34)30-18-7-3-15(4-8-18)12-21(32)29-17-9-5-16(26)6-10-17/h2-11,13,30H,12H2,1H3,(H,29,32). The number of amides is 3. The Kier molecular flexibility index (Phi) is 6.93. The Balaban J connectivity index is 1.42. The largest absolute Gasteiger partial charge is 0.350 e. The van der Waals surface area contributed by atoms with E-state index in [1.165, 1.54) is 0 Å². The Hall–Kier alpha value is -3.32. The van der Waals surface area contributed by atoms with Gasteiger partial charge in [0, 0.05) is 21.4 Å². The van der Waals surface area contributed by atoms with E-state index >= 15 is 0 Å². The smallest absolute Gasteiger partial charge is 0.283 e. The molecule has 0 saturated carbocycles. The van der Waals surface area contributed by atoms with Crippen molar-refractivity contribution >= 4 is 69.6 Å². The number of carbonyl (C=O) groups excluding carboxylic acids is 3. The summed E-state index contributed by atoms with van der Waals surface area (Å²) in [5.41, 5.74) is 3.09. The summed E-state index contributed by atoms with van der Waals surface area (Å²) in [4.78, 5) is 38.8. The third-order valence-electron chi connectivity index (χ3n) is 5.16. The minimum Gasteiger partial charge on any atom is -0.350 e. The molecule has 2 N–H and O–H groups in total. The van der Waals surface area contributed by atoms with Crippen molar-refractivity contribution in [3.8, 4) is 0 Å². The van der Waals surface area contributed by atoms with Gasteiger partial charge in [0.2, 0.25) is 5.91 Å². The highest BCUT2D eigenvalue weighted by molar-refractivity contribution is 6.53. The van der Waals surface area contributed by atoms with Gasteiger partial charge in [-0.05, 0) is 66.6 Å². The van der Waals surface area contributed by atoms with Crippen molar-refractivity contribution in [1.82, 2.24) is 0 Å². The van der Waals surface area contributed by atoms with Crippen molar-refractivity contribution in [3.63, 3.8) is 0 Å². The summed E-state index contributed by atoms with van der Waals surface area (Å²) in [6, 6.07) is 18.6. The van der Waals surface area contributed by atoms with E-state index in [1.807, 2.05) is 6.92 Å². The van der Waals surface area contributed by atoms with Gasteiger partial charge >= 0.3 is 0 Å². The zero-order valence-electron chi connectivity index (χ0n) is 17.9. The first-order valence-electron chi connectivity index (χ1n) is 10.2. The second-order valence-electron chi connectivity index (χ2n) is 7.62. The number of aryl methyl sites for hydroxylation is 1. The average molecular weight is 515 g/mol. The quantitative estimate of drug-likeness (QED) is 0.400. The van der Waals surface area contributed by atoms with Crippen LogP contribution in [0, 0.1) is 6.92 Å². The zero-order chi connectivity index (χ0) is 24.4. The monoisotopic (exact) mass is 513 g/mol. The predicted octanol–water partition coefficient (Wildman–Crippen LogP) is 5.92. The normalized spacial score (nSPS) is 13.5. The van der Waals surface area contributed by atoms with E-state index in [-0.39, 0.29) is 23.1 Å². The van der Waals surface area contributed by atoms with Gasteiger partial charge in [-0.1, -0.05) is 53.0 Å². The van der Waals surface area contributed by atoms with Gasteiger partial charge in [0.15, 0.2) is 0 Å². The van der Waals surface area contributed by atoms with E-state index in [1.54, 1.807) is 66.7 Å². The third kappa shape index (κ3) is 5.09. The number of nitrogens with zero attached hydrogens (tertiary/aromatic N) is 1. The molecule has 9 heteroatoms. The van der Waals surface area contributed by atoms with Gasteiger partial charge < -0.3 is 10.6 Å². The van der Waals surface area contributed by atoms with Crippen LogP contribution in [-0.2, 0) is 20.8 Å². The van der Waals surface area contributed by atoms with E-state index in [2.05, 4.69) is 10.6 Å². The van der Waals surface area contributed by atoms with E-state index in [9.17, 15) is 14.4 Å². The van der Waals surface area contributed by atoms with Crippen LogP contribution < -0.4 is 15.5 Å². The van der Waals surface area contributed by atoms with Crippen LogP contribution in [0.15, 0.2) is 77.5 Å². The van der Waals surface area contributed by atoms with Crippen LogP contribution in [0.25, 0.3) is 0 Å². The SMILES string of the molecule is Cc1ccc(N2C(=O)C(Cl)=C(Nc3ccc(CC(=O)Nc4ccc(Cl)cc4)cc3)C2=O)cc1Cl. The Bertz CT molecular complexity index is 1320. The molecule has 0 aromatic heterocycles. The number of nitrogens with one attached hydrogen (secondary N) is 2. The van der Waals surface area contributed by atoms with Gasteiger partial charge in [-0.2, -0.15) is 0 Å². The molecule has 172 valence electrons. The lowest BCUT2D eigenvalue weighted by Gasteiger charge is -2.16. The molecule has 1 heterocycles. The van der Waals surface area contributed by atoms with Crippen molar-refractivity contribution in [1.29, 1.82) is 0 Å². The van der Waals surface area contributed by atoms with Crippen molar-refractivity contribution in [2.24, 2.45) is 0 Å². The maximum atomic E-state index is 12.9. The van der Waals surface area contributed by atoms with E-state index in [0.717, 1.165) is 16.0 Å². The molecule has 0 fully saturated rings. The Morgan fingerprint density at radius 2 is 1.50 bits per heavy atom. The molecule has 6 nitrogen and oxygen atoms in total. The fourth-order valence-electron chi connectivity index (χ4n) is 3.34. The van der Waals surface area contributed by atoms with Gasteiger partial charge in [0.25, 0.3) is 11.8 Å². The number of anilines is 3. The van der Waals surface area contributed by atoms with Crippen molar-refractivity contribution in [3.05, 3.63) is 98.6 Å². The molecule has 0 spiro atoms. The lowest BCUT2D eigenvalue weighted by atomic mass is 10.1. The molecule has 1 aliphatic heterocycles. The summed E-state index contributed by atoms with van der Waals surface area (Å²) >= 11 is 18.2. The number of rotatable bonds is 6. The van der Waals surface area contributed by atoms with Crippen molar-refractivity contribution in [2.45, 2.75) is 13.3 Å². The fourth-order valence-corrected chi connectivity index (χ4v) is 3.85. The van der Waals surface area contributed by atoms with Crippen LogP contribution in [-0.4, -0.2) is 17.7 Å². The fraction of sp³-hybridized carbons (Fsp3) is 0.0800. The van der Waals surface area contributed by atoms with Gasteiger partial charge in [-0.15, -0.1) is 0 Å². The molecular formula is C25H18Cl3N3O3. The minimum absolute atomic E-state index is 0.0309. The summed E-state index contributed by atoms with van der Waals surface area (Å²) in [7, 11) is 0. The molecule has 0 saturated heterocycles. The summed E-state index contributed by atoms with van der Waals surface area (Å²) in [6.45, 7) is 1.82. The van der Waals surface area contributed by atoms with Crippen LogP contribution in [0.4, 0.5) is 17.1 Å². The summed E-state index contributed by atoms with van der Waals surface area (Å²) < 4.78 is 0. The third-order valence-corrected chi connectivity index (χ3v) is 6.17. The summed E-state index contributed by atoms with van der Waals surface area (Å²) in [5.74, 6) is -1.40. The predicted molar refractivity (Wildman–Crippen MR) is 135 cm³/mol. The van der Waals surface area contributed by atoms with Crippen molar-refractivity contribution in [2.75, 3.05) is 15.5 Å². The zero-order valence-corrected chi connectivity index (χ0v) is 20.1. The van der Waals surface area contributed by atoms with Gasteiger partial charge in [-0.3, -0.25) is 14.4 Å². The molecule has 4 rings (SSSR count). The molecular weight excluding hydrogens is 497 g/mol. The number of halogens is 3. The Morgan fingerprint density at radius 1 is 0.853 bits per heavy atom. The van der Waals surface area contributed by atoms with Crippen LogP contribution in [0.5, 0.6) is 0 Å². The molecule has 1 aliphatic rings. The molecule has 3 aromatic carbocycles. The Labute approximate surface area is 211 Å². The van der Waals surface area contributed by atoms with Gasteiger partial charge in [0.05, 0.1) is 12.1 Å². The van der Waals surface area contributed by atoms with Gasteiger partial charge in [0.1, 0.15) is 10.7 Å². The maximum Gasteiger partial charge on any atom is 0.283 e. The first kappa shape index (κ1) is 23.8. The Morgan fingerprint density at radius 3 is 2.15 bits per heavy atom. The van der Waals surface area contributed by atoms with E-state index < -0.39 is 11.8 Å². The molecule has 34 heavy (non-hydrogen) atoms. The molecule has 0 aliphatic carbocycles. The lowest BCUT2D eigenvalue weighted by Crippen LogP contribution is -2.32. The van der Waals surface area contributed by atoms with E-state index in [0.29, 0.717) is 27.1 Å². The number of carbonyl (C=O) groups is 3. The number of imide groups is 1. The highest BCUT2D eigenvalue weighted by Gasteiger charge is 2.39. The summed E-state index contributed by atoms with van der Waals surface area (Å²) in [5, 5.41) is 6.52. The second kappa shape index (κ2) is 9.89. The number of hydrogen-bond donors (Lipinski definition) is 2. The number of hydrogen-bond acceptors (Lipinski definition) is 4. The molecule has 0 unspecified atom stereocenters. The van der Waals surface area contributed by atoms with Gasteiger partial charge in [-0.25, -0.2) is 4.90 Å². The molecule has 0 bridgehead atoms. The van der Waals surface area contributed by atoms with Crippen LogP contribution in [0.2, 0.25) is 10.0 Å². The first-order valence-corrected chi connectivity index (χ1v) is 11.3. The van der Waals surface area contributed by atoms with Crippen LogP contribution in [0.3, 0.4) is 0 Å². The molecule has 3 amide bonds. The van der Waals surface area contributed by atoms with Crippen LogP contribution >= 0.6 is 34.8 Å². The van der Waals surface area contributed by atoms with Crippen molar-refractivity contribution < 1.29 is 14.4 Å². The molecule has 0 radical (unpaired) electrons. The van der Waals surface area contributed by atoms with E-state index in [4.69, 9.17) is 34.8 Å². The topological polar surface area (TPSA) is 78.5 Å². The minimum atomic E-state index is -0.635. The van der Waals surface area contributed by atoms with Crippen LogP contribution in [0.1, 0.15) is 11.1 Å². The maximum absolute atomic E-state index is 12.9. The highest BCUT2D eigenvalue weighted by atomic mass is 35.5. The molecule has 0 atom stereocenters. The average Bonchev–Trinajstić information content (AvgIpc) is 3.01.